The molecule has 0 radical (unpaired) electrons. The van der Waals surface area contributed by atoms with Gasteiger partial charge in [-0.15, -0.1) is 16.4 Å². The molecule has 0 unspecified atom stereocenters. The lowest BCUT2D eigenvalue weighted by Gasteiger charge is -2.05. The molecule has 10 heteroatoms. The van der Waals surface area contributed by atoms with Crippen molar-refractivity contribution in [2.24, 2.45) is 0 Å². The molecule has 0 aliphatic heterocycles. The van der Waals surface area contributed by atoms with E-state index in [-0.39, 0.29) is 23.6 Å². The van der Waals surface area contributed by atoms with Crippen LogP contribution in [0.2, 0.25) is 0 Å². The molecule has 29 heavy (non-hydrogen) atoms. The Morgan fingerprint density at radius 2 is 2.07 bits per heavy atom. The summed E-state index contributed by atoms with van der Waals surface area (Å²) in [6.07, 6.45) is 0.457. The van der Waals surface area contributed by atoms with Crippen LogP contribution in [0.25, 0.3) is 16.3 Å². The van der Waals surface area contributed by atoms with Gasteiger partial charge in [0.25, 0.3) is 11.6 Å². The van der Waals surface area contributed by atoms with Gasteiger partial charge in [-0.25, -0.2) is 8.91 Å². The van der Waals surface area contributed by atoms with Gasteiger partial charge < -0.3 is 5.32 Å². The number of nitrogens with zero attached hydrogens (tertiary/aromatic N) is 4. The maximum Gasteiger partial charge on any atom is 0.282 e. The molecular weight excluding hydrogens is 397 g/mol. The van der Waals surface area contributed by atoms with Gasteiger partial charge in [0.05, 0.1) is 10.6 Å². The number of benzene rings is 2. The summed E-state index contributed by atoms with van der Waals surface area (Å²) < 4.78 is 15.1. The van der Waals surface area contributed by atoms with E-state index in [9.17, 15) is 19.3 Å². The molecule has 2 aromatic carbocycles. The Labute approximate surface area is 167 Å². The zero-order valence-electron chi connectivity index (χ0n) is 14.9. The highest BCUT2D eigenvalue weighted by Gasteiger charge is 2.19. The molecule has 0 saturated heterocycles. The Morgan fingerprint density at radius 3 is 2.86 bits per heavy atom. The third-order valence-corrected chi connectivity index (χ3v) is 5.11. The minimum Gasteiger partial charge on any atom is -0.351 e. The van der Waals surface area contributed by atoms with Gasteiger partial charge in [0.15, 0.2) is 5.82 Å². The van der Waals surface area contributed by atoms with E-state index in [4.69, 9.17) is 0 Å². The second-order valence-electron chi connectivity index (χ2n) is 6.15. The quantitative estimate of drug-likeness (QED) is 0.387. The first-order valence-electron chi connectivity index (χ1n) is 8.63. The number of rotatable bonds is 6. The van der Waals surface area contributed by atoms with Crippen molar-refractivity contribution in [2.45, 2.75) is 6.42 Å². The Morgan fingerprint density at radius 1 is 1.24 bits per heavy atom. The van der Waals surface area contributed by atoms with Crippen LogP contribution in [0.5, 0.6) is 0 Å². The first kappa shape index (κ1) is 18.7. The van der Waals surface area contributed by atoms with E-state index in [1.54, 1.807) is 22.7 Å². The molecule has 2 heterocycles. The van der Waals surface area contributed by atoms with Crippen LogP contribution in [0.15, 0.2) is 53.9 Å². The van der Waals surface area contributed by atoms with Gasteiger partial charge in [-0.2, -0.15) is 4.98 Å². The number of thiazole rings is 1. The summed E-state index contributed by atoms with van der Waals surface area (Å²) in [5, 5.41) is 20.1. The summed E-state index contributed by atoms with van der Waals surface area (Å²) in [7, 11) is 0. The Kier molecular flexibility index (Phi) is 5.00. The number of carbonyl (C=O) groups excluding carboxylic acids is 1. The number of para-hydroxylation sites is 1. The second kappa shape index (κ2) is 7.76. The number of amides is 1. The van der Waals surface area contributed by atoms with Crippen molar-refractivity contribution in [1.82, 2.24) is 19.9 Å². The van der Waals surface area contributed by atoms with E-state index < -0.39 is 10.8 Å². The molecule has 4 aromatic rings. The molecule has 1 N–H and O–H groups in total. The first-order chi connectivity index (χ1) is 14.0. The molecule has 0 fully saturated rings. The number of nitro groups is 1. The lowest BCUT2D eigenvalue weighted by Crippen LogP contribution is -2.26. The number of fused-ring (bicyclic) bond motifs is 1. The predicted molar refractivity (Wildman–Crippen MR) is 105 cm³/mol. The summed E-state index contributed by atoms with van der Waals surface area (Å²) >= 11 is 1.39. The van der Waals surface area contributed by atoms with Crippen LogP contribution in [0.4, 0.5) is 10.1 Å². The zero-order valence-corrected chi connectivity index (χ0v) is 15.7. The standard InChI is InChI=1S/C19H14FN5O3S/c20-13-5-3-4-12(10-13)17-22-19-24(23-17)14(11-29-19)8-9-21-18(26)15-6-1-2-7-16(15)25(27)28/h1-7,10-11H,8-9H2,(H,21,26). The third kappa shape index (κ3) is 3.83. The summed E-state index contributed by atoms with van der Waals surface area (Å²) in [5.41, 5.74) is 1.18. The van der Waals surface area contributed by atoms with Gasteiger partial charge in [0.1, 0.15) is 11.4 Å². The van der Waals surface area contributed by atoms with Gasteiger partial charge >= 0.3 is 0 Å². The molecule has 0 aliphatic carbocycles. The number of hydrogen-bond donors (Lipinski definition) is 1. The zero-order chi connectivity index (χ0) is 20.4. The van der Waals surface area contributed by atoms with Crippen LogP contribution in [-0.4, -0.2) is 32.0 Å². The summed E-state index contributed by atoms with van der Waals surface area (Å²) in [4.78, 5) is 27.8. The molecular formula is C19H14FN5O3S. The van der Waals surface area contributed by atoms with Crippen LogP contribution in [0, 0.1) is 15.9 Å². The molecule has 8 nitrogen and oxygen atoms in total. The molecule has 4 rings (SSSR count). The maximum absolute atomic E-state index is 13.4. The van der Waals surface area contributed by atoms with E-state index in [1.807, 2.05) is 5.38 Å². The molecule has 0 aliphatic rings. The molecule has 0 saturated carbocycles. The molecule has 0 atom stereocenters. The van der Waals surface area contributed by atoms with Crippen LogP contribution in [0.1, 0.15) is 16.1 Å². The van der Waals surface area contributed by atoms with Crippen molar-refractivity contribution in [1.29, 1.82) is 0 Å². The van der Waals surface area contributed by atoms with E-state index >= 15 is 0 Å². The Hall–Kier alpha value is -3.66. The summed E-state index contributed by atoms with van der Waals surface area (Å²) in [6, 6.07) is 11.8. The largest absolute Gasteiger partial charge is 0.351 e. The van der Waals surface area contributed by atoms with Gasteiger partial charge in [0.2, 0.25) is 4.96 Å². The number of nitro benzene ring substituents is 1. The number of hydrogen-bond acceptors (Lipinski definition) is 6. The first-order valence-corrected chi connectivity index (χ1v) is 9.51. The molecule has 146 valence electrons. The average Bonchev–Trinajstić information content (AvgIpc) is 3.29. The van der Waals surface area contributed by atoms with E-state index in [0.29, 0.717) is 22.8 Å². The number of carbonyl (C=O) groups is 1. The minimum atomic E-state index is -0.583. The highest BCUT2D eigenvalue weighted by molar-refractivity contribution is 7.15. The molecule has 1 amide bonds. The number of halogens is 1. The molecule has 0 bridgehead atoms. The van der Waals surface area contributed by atoms with Crippen LogP contribution >= 0.6 is 11.3 Å². The van der Waals surface area contributed by atoms with Gasteiger partial charge in [-0.3, -0.25) is 14.9 Å². The van der Waals surface area contributed by atoms with Crippen molar-refractivity contribution in [3.63, 3.8) is 0 Å². The SMILES string of the molecule is O=C(NCCc1csc2nc(-c3cccc(F)c3)nn12)c1ccccc1[N+](=O)[O-]. The average molecular weight is 411 g/mol. The van der Waals surface area contributed by atoms with Crippen molar-refractivity contribution in [3.05, 3.63) is 81.1 Å². The fourth-order valence-corrected chi connectivity index (χ4v) is 3.73. The fourth-order valence-electron chi connectivity index (χ4n) is 2.87. The van der Waals surface area contributed by atoms with Crippen LogP contribution < -0.4 is 5.32 Å². The number of nitrogens with one attached hydrogen (secondary N) is 1. The van der Waals surface area contributed by atoms with Crippen molar-refractivity contribution in [3.8, 4) is 11.4 Å². The maximum atomic E-state index is 13.4. The second-order valence-corrected chi connectivity index (χ2v) is 6.98. The monoisotopic (exact) mass is 411 g/mol. The van der Waals surface area contributed by atoms with E-state index in [0.717, 1.165) is 5.69 Å². The smallest absolute Gasteiger partial charge is 0.282 e. The Bertz CT molecular complexity index is 1220. The summed E-state index contributed by atoms with van der Waals surface area (Å²) in [5.74, 6) is -0.456. The predicted octanol–water partition coefficient (Wildman–Crippen LogP) is 3.48. The van der Waals surface area contributed by atoms with Crippen LogP contribution in [-0.2, 0) is 6.42 Å². The topological polar surface area (TPSA) is 102 Å². The van der Waals surface area contributed by atoms with E-state index in [1.165, 1.54) is 41.7 Å². The minimum absolute atomic E-state index is 0.0158. The third-order valence-electron chi connectivity index (χ3n) is 4.24. The van der Waals surface area contributed by atoms with Crippen molar-refractivity contribution >= 4 is 27.9 Å². The Balaban J connectivity index is 1.47. The normalized spacial score (nSPS) is 10.9. The van der Waals surface area contributed by atoms with E-state index in [2.05, 4.69) is 15.4 Å². The number of aromatic nitrogens is 3. The highest BCUT2D eigenvalue weighted by atomic mass is 32.1. The van der Waals surface area contributed by atoms with Crippen molar-refractivity contribution in [2.75, 3.05) is 6.54 Å². The highest BCUT2D eigenvalue weighted by Crippen LogP contribution is 2.22. The lowest BCUT2D eigenvalue weighted by molar-refractivity contribution is -0.385. The van der Waals surface area contributed by atoms with Crippen LogP contribution in [0.3, 0.4) is 0 Å². The van der Waals surface area contributed by atoms with Gasteiger partial charge in [-0.05, 0) is 18.2 Å². The van der Waals surface area contributed by atoms with Crippen molar-refractivity contribution < 1.29 is 14.1 Å². The van der Waals surface area contributed by atoms with Gasteiger partial charge in [-0.1, -0.05) is 24.3 Å². The fraction of sp³-hybridized carbons (Fsp3) is 0.105. The summed E-state index contributed by atoms with van der Waals surface area (Å²) in [6.45, 7) is 0.270. The van der Waals surface area contributed by atoms with Gasteiger partial charge in [0, 0.05) is 30.0 Å². The molecule has 0 spiro atoms. The lowest BCUT2D eigenvalue weighted by atomic mass is 10.1. The molecule has 2 aromatic heterocycles.